The van der Waals surface area contributed by atoms with Crippen molar-refractivity contribution in [1.29, 1.82) is 5.26 Å². The van der Waals surface area contributed by atoms with E-state index < -0.39 is 0 Å². The van der Waals surface area contributed by atoms with Crippen LogP contribution in [-0.2, 0) is 11.2 Å². The van der Waals surface area contributed by atoms with E-state index in [2.05, 4.69) is 11.4 Å². The average molecular weight is 344 g/mol. The quantitative estimate of drug-likeness (QED) is 0.663. The summed E-state index contributed by atoms with van der Waals surface area (Å²) in [6.45, 7) is 0.895. The van der Waals surface area contributed by atoms with Gasteiger partial charge in [0.05, 0.1) is 18.2 Å². The molecule has 0 atom stereocenters. The Bertz CT molecular complexity index is 922. The second kappa shape index (κ2) is 8.68. The molecule has 0 spiro atoms. The number of nitrogens with one attached hydrogen (secondary N) is 1. The van der Waals surface area contributed by atoms with Crippen LogP contribution in [0.25, 0.3) is 10.8 Å². The van der Waals surface area contributed by atoms with Crippen molar-refractivity contribution >= 4 is 16.7 Å². The molecule has 0 aliphatic carbocycles. The van der Waals surface area contributed by atoms with Crippen molar-refractivity contribution in [2.45, 2.75) is 12.8 Å². The Balaban J connectivity index is 1.41. The van der Waals surface area contributed by atoms with Crippen LogP contribution in [-0.4, -0.2) is 19.1 Å². The molecular weight excluding hydrogens is 324 g/mol. The molecule has 3 aromatic rings. The van der Waals surface area contributed by atoms with Crippen molar-refractivity contribution in [3.8, 4) is 11.8 Å². The van der Waals surface area contributed by atoms with E-state index in [-0.39, 0.29) is 5.91 Å². The molecule has 4 heteroatoms. The minimum Gasteiger partial charge on any atom is -0.491 e. The number of aryl methyl sites for hydroxylation is 1. The zero-order valence-corrected chi connectivity index (χ0v) is 14.4. The highest BCUT2D eigenvalue weighted by Gasteiger charge is 2.04. The van der Waals surface area contributed by atoms with Gasteiger partial charge in [-0.05, 0) is 35.6 Å². The highest BCUT2D eigenvalue weighted by Crippen LogP contribution is 2.24. The lowest BCUT2D eigenvalue weighted by Crippen LogP contribution is -2.28. The molecule has 0 bridgehead atoms. The molecule has 0 aliphatic rings. The van der Waals surface area contributed by atoms with Gasteiger partial charge in [0.2, 0.25) is 5.91 Å². The molecule has 0 unspecified atom stereocenters. The third-order valence-corrected chi connectivity index (χ3v) is 4.16. The number of ether oxygens (including phenoxy) is 1. The summed E-state index contributed by atoms with van der Waals surface area (Å²) in [5.41, 5.74) is 1.68. The lowest BCUT2D eigenvalue weighted by molar-refractivity contribution is -0.121. The van der Waals surface area contributed by atoms with E-state index in [1.807, 2.05) is 54.6 Å². The van der Waals surface area contributed by atoms with Crippen molar-refractivity contribution < 1.29 is 9.53 Å². The fourth-order valence-corrected chi connectivity index (χ4v) is 2.77. The predicted octanol–water partition coefficient (Wildman–Crippen LogP) is 3.84. The second-order valence-corrected chi connectivity index (χ2v) is 5.98. The fraction of sp³-hybridized carbons (Fsp3) is 0.182. The van der Waals surface area contributed by atoms with Gasteiger partial charge in [0.1, 0.15) is 12.4 Å². The molecule has 1 amide bonds. The zero-order chi connectivity index (χ0) is 18.2. The van der Waals surface area contributed by atoms with E-state index in [1.165, 1.54) is 0 Å². The Labute approximate surface area is 153 Å². The van der Waals surface area contributed by atoms with Crippen molar-refractivity contribution in [3.05, 3.63) is 77.9 Å². The molecule has 0 fully saturated rings. The van der Waals surface area contributed by atoms with Crippen LogP contribution in [0.5, 0.6) is 5.75 Å². The van der Waals surface area contributed by atoms with Gasteiger partial charge in [-0.2, -0.15) is 5.26 Å². The van der Waals surface area contributed by atoms with Crippen LogP contribution in [0.4, 0.5) is 0 Å². The first-order chi connectivity index (χ1) is 12.8. The molecule has 0 radical (unpaired) electrons. The van der Waals surface area contributed by atoms with Gasteiger partial charge in [-0.25, -0.2) is 0 Å². The normalized spacial score (nSPS) is 10.3. The van der Waals surface area contributed by atoms with Crippen LogP contribution in [0.3, 0.4) is 0 Å². The van der Waals surface area contributed by atoms with Gasteiger partial charge >= 0.3 is 0 Å². The number of nitrogens with zero attached hydrogens (tertiary/aromatic N) is 1. The Morgan fingerprint density at radius 2 is 1.77 bits per heavy atom. The molecular formula is C22H20N2O2. The standard InChI is InChI=1S/C22H20N2O2/c23-16-18-10-8-17(9-11-18)12-13-22(25)24-14-15-26-21-7-3-5-19-4-1-2-6-20(19)21/h1-11H,12-15H2,(H,24,25). The number of amides is 1. The van der Waals surface area contributed by atoms with Crippen LogP contribution in [0.1, 0.15) is 17.5 Å². The number of benzene rings is 3. The summed E-state index contributed by atoms with van der Waals surface area (Å²) >= 11 is 0. The maximum atomic E-state index is 11.9. The first kappa shape index (κ1) is 17.5. The summed E-state index contributed by atoms with van der Waals surface area (Å²) in [5.74, 6) is 0.825. The SMILES string of the molecule is N#Cc1ccc(CCC(=O)NCCOc2cccc3ccccc23)cc1. The summed E-state index contributed by atoms with van der Waals surface area (Å²) in [4.78, 5) is 11.9. The summed E-state index contributed by atoms with van der Waals surface area (Å²) < 4.78 is 5.81. The number of nitriles is 1. The summed E-state index contributed by atoms with van der Waals surface area (Å²) in [6.07, 6.45) is 1.07. The lowest BCUT2D eigenvalue weighted by Gasteiger charge is -2.10. The van der Waals surface area contributed by atoms with Gasteiger partial charge in [0.15, 0.2) is 0 Å². The molecule has 3 aromatic carbocycles. The van der Waals surface area contributed by atoms with E-state index in [9.17, 15) is 4.79 Å². The van der Waals surface area contributed by atoms with Crippen LogP contribution in [0, 0.1) is 11.3 Å². The minimum absolute atomic E-state index is 0.00382. The van der Waals surface area contributed by atoms with Crippen molar-refractivity contribution in [3.63, 3.8) is 0 Å². The molecule has 0 aliphatic heterocycles. The number of carbonyl (C=O) groups is 1. The van der Waals surface area contributed by atoms with Gasteiger partial charge in [-0.3, -0.25) is 4.79 Å². The van der Waals surface area contributed by atoms with Crippen molar-refractivity contribution in [2.24, 2.45) is 0 Å². The van der Waals surface area contributed by atoms with Crippen LogP contribution < -0.4 is 10.1 Å². The molecule has 130 valence electrons. The molecule has 0 aromatic heterocycles. The van der Waals surface area contributed by atoms with E-state index in [1.54, 1.807) is 12.1 Å². The zero-order valence-electron chi connectivity index (χ0n) is 14.4. The lowest BCUT2D eigenvalue weighted by atomic mass is 10.1. The van der Waals surface area contributed by atoms with Crippen LogP contribution in [0.2, 0.25) is 0 Å². The number of rotatable bonds is 7. The Morgan fingerprint density at radius 3 is 2.58 bits per heavy atom. The first-order valence-corrected chi connectivity index (χ1v) is 8.62. The first-order valence-electron chi connectivity index (χ1n) is 8.62. The number of fused-ring (bicyclic) bond motifs is 1. The summed E-state index contributed by atoms with van der Waals surface area (Å²) in [6, 6.07) is 23.4. The minimum atomic E-state index is -0.00382. The van der Waals surface area contributed by atoms with Crippen molar-refractivity contribution in [2.75, 3.05) is 13.2 Å². The molecule has 3 rings (SSSR count). The van der Waals surface area contributed by atoms with Gasteiger partial charge in [0, 0.05) is 11.8 Å². The third-order valence-electron chi connectivity index (χ3n) is 4.16. The van der Waals surface area contributed by atoms with Gasteiger partial charge < -0.3 is 10.1 Å². The van der Waals surface area contributed by atoms with E-state index in [0.717, 1.165) is 22.1 Å². The van der Waals surface area contributed by atoms with Gasteiger partial charge in [-0.15, -0.1) is 0 Å². The highest BCUT2D eigenvalue weighted by molar-refractivity contribution is 5.88. The molecule has 26 heavy (non-hydrogen) atoms. The molecule has 0 saturated heterocycles. The maximum Gasteiger partial charge on any atom is 0.220 e. The Kier molecular flexibility index (Phi) is 5.84. The maximum absolute atomic E-state index is 11.9. The van der Waals surface area contributed by atoms with Gasteiger partial charge in [-0.1, -0.05) is 48.5 Å². The van der Waals surface area contributed by atoms with Crippen LogP contribution in [0.15, 0.2) is 66.7 Å². The Morgan fingerprint density at radius 1 is 1.00 bits per heavy atom. The predicted molar refractivity (Wildman–Crippen MR) is 102 cm³/mol. The summed E-state index contributed by atoms with van der Waals surface area (Å²) in [7, 11) is 0. The monoisotopic (exact) mass is 344 g/mol. The molecule has 1 N–H and O–H groups in total. The largest absolute Gasteiger partial charge is 0.491 e. The molecule has 0 heterocycles. The van der Waals surface area contributed by atoms with Crippen LogP contribution >= 0.6 is 0 Å². The average Bonchev–Trinajstić information content (AvgIpc) is 2.70. The number of carbonyl (C=O) groups excluding carboxylic acids is 1. The topological polar surface area (TPSA) is 62.1 Å². The summed E-state index contributed by atoms with van der Waals surface area (Å²) in [5, 5.41) is 13.9. The van der Waals surface area contributed by atoms with Crippen molar-refractivity contribution in [1.82, 2.24) is 5.32 Å². The highest BCUT2D eigenvalue weighted by atomic mass is 16.5. The van der Waals surface area contributed by atoms with E-state index in [4.69, 9.17) is 10.00 Å². The molecule has 0 saturated carbocycles. The molecule has 4 nitrogen and oxygen atoms in total. The van der Waals surface area contributed by atoms with Gasteiger partial charge in [0.25, 0.3) is 0 Å². The second-order valence-electron chi connectivity index (χ2n) is 5.98. The number of hydrogen-bond donors (Lipinski definition) is 1. The Hall–Kier alpha value is -3.32. The van der Waals surface area contributed by atoms with E-state index >= 15 is 0 Å². The third kappa shape index (κ3) is 4.61. The number of hydrogen-bond acceptors (Lipinski definition) is 3. The fourth-order valence-electron chi connectivity index (χ4n) is 2.77. The van der Waals surface area contributed by atoms with E-state index in [0.29, 0.717) is 31.6 Å². The smallest absolute Gasteiger partial charge is 0.220 e.